The topological polar surface area (TPSA) is 18.5 Å². The second-order valence-corrected chi connectivity index (χ2v) is 7.12. The molecule has 1 aliphatic rings. The molecule has 0 bridgehead atoms. The molecule has 0 N–H and O–H groups in total. The molecule has 144 valence electrons. The Morgan fingerprint density at radius 1 is 0.929 bits per heavy atom. The third kappa shape index (κ3) is 4.12. The van der Waals surface area contributed by atoms with Gasteiger partial charge in [0.15, 0.2) is 0 Å². The fraction of sp³-hybridized carbons (Fsp3) is 0.231. The van der Waals surface area contributed by atoms with Crippen molar-refractivity contribution in [2.24, 2.45) is 5.41 Å². The molecule has 0 unspecified atom stereocenters. The number of allylic oxidation sites excluding steroid dienone is 5. The highest BCUT2D eigenvalue weighted by Gasteiger charge is 2.36. The van der Waals surface area contributed by atoms with Crippen molar-refractivity contribution in [3.05, 3.63) is 103 Å². The lowest BCUT2D eigenvalue weighted by Gasteiger charge is -2.39. The number of benzene rings is 2. The first-order valence-corrected chi connectivity index (χ1v) is 9.58. The van der Waals surface area contributed by atoms with Crippen LogP contribution < -0.4 is 9.47 Å². The van der Waals surface area contributed by atoms with Crippen molar-refractivity contribution in [2.45, 2.75) is 18.8 Å². The van der Waals surface area contributed by atoms with Gasteiger partial charge < -0.3 is 9.47 Å². The van der Waals surface area contributed by atoms with Gasteiger partial charge in [-0.15, -0.1) is 6.58 Å². The summed E-state index contributed by atoms with van der Waals surface area (Å²) >= 11 is 0. The van der Waals surface area contributed by atoms with E-state index in [0.717, 1.165) is 29.9 Å². The van der Waals surface area contributed by atoms with Gasteiger partial charge in [-0.05, 0) is 48.2 Å². The molecule has 0 heterocycles. The summed E-state index contributed by atoms with van der Waals surface area (Å²) in [6.45, 7) is 8.18. The summed E-state index contributed by atoms with van der Waals surface area (Å²) in [4.78, 5) is 0. The van der Waals surface area contributed by atoms with Crippen molar-refractivity contribution in [1.29, 1.82) is 0 Å². The van der Waals surface area contributed by atoms with Crippen molar-refractivity contribution in [3.8, 4) is 11.5 Å². The fourth-order valence-corrected chi connectivity index (χ4v) is 3.81. The summed E-state index contributed by atoms with van der Waals surface area (Å²) in [6.07, 6.45) is 12.9. The van der Waals surface area contributed by atoms with Gasteiger partial charge in [-0.1, -0.05) is 66.8 Å². The number of methoxy groups -OCH3 is 2. The van der Waals surface area contributed by atoms with Crippen molar-refractivity contribution < 1.29 is 9.47 Å². The SMILES string of the molecule is C=CC1=C[C@H](c2ccc(OC)cc2)[C@](C=C)(/C=C/c2ccc(OC)cc2)CC1. The maximum atomic E-state index is 5.33. The highest BCUT2D eigenvalue weighted by atomic mass is 16.5. The zero-order valence-electron chi connectivity index (χ0n) is 16.7. The number of rotatable bonds is 7. The van der Waals surface area contributed by atoms with E-state index in [2.05, 4.69) is 61.7 Å². The van der Waals surface area contributed by atoms with Gasteiger partial charge >= 0.3 is 0 Å². The number of ether oxygens (including phenoxy) is 2. The average Bonchev–Trinajstić information content (AvgIpc) is 2.78. The zero-order chi connectivity index (χ0) is 20.0. The molecule has 0 spiro atoms. The second kappa shape index (κ2) is 8.79. The molecule has 0 saturated heterocycles. The third-order valence-electron chi connectivity index (χ3n) is 5.63. The summed E-state index contributed by atoms with van der Waals surface area (Å²) < 4.78 is 10.6. The van der Waals surface area contributed by atoms with Gasteiger partial charge in [-0.2, -0.15) is 0 Å². The molecule has 1 aliphatic carbocycles. The Hall–Kier alpha value is -3.00. The fourth-order valence-electron chi connectivity index (χ4n) is 3.81. The lowest BCUT2D eigenvalue weighted by atomic mass is 9.65. The first-order valence-electron chi connectivity index (χ1n) is 9.58. The quantitative estimate of drug-likeness (QED) is 0.511. The van der Waals surface area contributed by atoms with E-state index in [4.69, 9.17) is 9.47 Å². The summed E-state index contributed by atoms with van der Waals surface area (Å²) in [6, 6.07) is 16.4. The molecule has 2 atom stereocenters. The highest BCUT2D eigenvalue weighted by molar-refractivity contribution is 5.54. The predicted molar refractivity (Wildman–Crippen MR) is 118 cm³/mol. The van der Waals surface area contributed by atoms with Crippen LogP contribution in [0.3, 0.4) is 0 Å². The predicted octanol–water partition coefficient (Wildman–Crippen LogP) is 6.58. The van der Waals surface area contributed by atoms with Crippen molar-refractivity contribution >= 4 is 6.08 Å². The first-order chi connectivity index (χ1) is 13.6. The summed E-state index contributed by atoms with van der Waals surface area (Å²) in [7, 11) is 3.37. The molecule has 0 aliphatic heterocycles. The van der Waals surface area contributed by atoms with Gasteiger partial charge in [0.25, 0.3) is 0 Å². The van der Waals surface area contributed by atoms with Crippen molar-refractivity contribution in [3.63, 3.8) is 0 Å². The lowest BCUT2D eigenvalue weighted by molar-refractivity contribution is 0.387. The standard InChI is InChI=1S/C26H28O2/c1-5-20-15-17-26(6-2,18-16-21-7-11-23(27-3)12-8-21)25(19-20)22-9-13-24(28-4)14-10-22/h5-14,16,18-19,25H,1-2,15,17H2,3-4H3/b18-16+/t25-,26+/m1/s1. The van der Waals surface area contributed by atoms with Crippen LogP contribution in [0.15, 0.2) is 91.6 Å². The summed E-state index contributed by atoms with van der Waals surface area (Å²) in [5, 5.41) is 0. The van der Waals surface area contributed by atoms with Crippen LogP contribution in [0, 0.1) is 5.41 Å². The van der Waals surface area contributed by atoms with Crippen LogP contribution in [0.4, 0.5) is 0 Å². The Balaban J connectivity index is 1.98. The summed E-state index contributed by atoms with van der Waals surface area (Å²) in [5.74, 6) is 1.93. The van der Waals surface area contributed by atoms with Gasteiger partial charge in [0.1, 0.15) is 11.5 Å². The van der Waals surface area contributed by atoms with E-state index in [9.17, 15) is 0 Å². The lowest BCUT2D eigenvalue weighted by Crippen LogP contribution is -2.27. The minimum Gasteiger partial charge on any atom is -0.497 e. The largest absolute Gasteiger partial charge is 0.497 e. The molecule has 2 heteroatoms. The zero-order valence-corrected chi connectivity index (χ0v) is 16.7. The Morgan fingerprint density at radius 2 is 1.54 bits per heavy atom. The van der Waals surface area contributed by atoms with Gasteiger partial charge in [-0.3, -0.25) is 0 Å². The normalized spacial score (nSPS) is 21.8. The van der Waals surface area contributed by atoms with Crippen molar-refractivity contribution in [2.75, 3.05) is 14.2 Å². The van der Waals surface area contributed by atoms with E-state index >= 15 is 0 Å². The van der Waals surface area contributed by atoms with Gasteiger partial charge in [0.2, 0.25) is 0 Å². The monoisotopic (exact) mass is 372 g/mol. The molecule has 2 aromatic rings. The second-order valence-electron chi connectivity index (χ2n) is 7.12. The molecule has 0 fully saturated rings. The van der Waals surface area contributed by atoms with E-state index in [1.165, 1.54) is 11.1 Å². The van der Waals surface area contributed by atoms with Crippen LogP contribution in [0.5, 0.6) is 11.5 Å². The van der Waals surface area contributed by atoms with E-state index < -0.39 is 0 Å². The van der Waals surface area contributed by atoms with Crippen LogP contribution in [-0.2, 0) is 0 Å². The Bertz CT molecular complexity index is 872. The van der Waals surface area contributed by atoms with Crippen molar-refractivity contribution in [1.82, 2.24) is 0 Å². The molecule has 0 saturated carbocycles. The van der Waals surface area contributed by atoms with Gasteiger partial charge in [-0.25, -0.2) is 0 Å². The van der Waals surface area contributed by atoms with E-state index in [1.54, 1.807) is 14.2 Å². The first kappa shape index (κ1) is 19.8. The molecule has 0 aromatic heterocycles. The molecule has 3 rings (SSSR count). The van der Waals surface area contributed by atoms with Crippen LogP contribution >= 0.6 is 0 Å². The minimum atomic E-state index is -0.152. The van der Waals surface area contributed by atoms with Gasteiger partial charge in [0.05, 0.1) is 14.2 Å². The molecule has 2 aromatic carbocycles. The Kier molecular flexibility index (Phi) is 6.20. The van der Waals surface area contributed by atoms with Crippen LogP contribution in [-0.4, -0.2) is 14.2 Å². The highest BCUT2D eigenvalue weighted by Crippen LogP contribution is 2.48. The Labute approximate surface area is 168 Å². The van der Waals surface area contributed by atoms with Crippen LogP contribution in [0.1, 0.15) is 29.9 Å². The van der Waals surface area contributed by atoms with Crippen LogP contribution in [0.2, 0.25) is 0 Å². The maximum Gasteiger partial charge on any atom is 0.118 e. The maximum absolute atomic E-state index is 5.33. The van der Waals surface area contributed by atoms with E-state index in [0.29, 0.717) is 0 Å². The number of hydrogen-bond acceptors (Lipinski definition) is 2. The van der Waals surface area contributed by atoms with Gasteiger partial charge in [0, 0.05) is 11.3 Å². The number of hydrogen-bond donors (Lipinski definition) is 0. The van der Waals surface area contributed by atoms with E-state index in [1.807, 2.05) is 30.3 Å². The Morgan fingerprint density at radius 3 is 2.07 bits per heavy atom. The molecular weight excluding hydrogens is 344 g/mol. The smallest absolute Gasteiger partial charge is 0.118 e. The van der Waals surface area contributed by atoms with Crippen LogP contribution in [0.25, 0.3) is 6.08 Å². The molecule has 0 radical (unpaired) electrons. The third-order valence-corrected chi connectivity index (χ3v) is 5.63. The molecule has 28 heavy (non-hydrogen) atoms. The van der Waals surface area contributed by atoms with E-state index in [-0.39, 0.29) is 11.3 Å². The minimum absolute atomic E-state index is 0.152. The molecule has 0 amide bonds. The average molecular weight is 373 g/mol. The molecular formula is C26H28O2. The summed E-state index contributed by atoms with van der Waals surface area (Å²) in [5.41, 5.74) is 3.53. The molecule has 2 nitrogen and oxygen atoms in total.